The Bertz CT molecular complexity index is 125. The first-order chi connectivity index (χ1) is 4.68. The fourth-order valence-corrected chi connectivity index (χ4v) is 0.603. The molecule has 0 fully saturated rings. The Balaban J connectivity index is 3.55. The number of unbranched alkanes of at least 4 members (excludes halogenated alkanes) is 1. The molecule has 0 spiro atoms. The lowest BCUT2D eigenvalue weighted by atomic mass is 10.1. The van der Waals surface area contributed by atoms with Gasteiger partial charge in [0.15, 0.2) is 0 Å². The smallest absolute Gasteiger partial charge is 0.136 e. The summed E-state index contributed by atoms with van der Waals surface area (Å²) in [6.07, 6.45) is 6.29. The fourth-order valence-electron chi connectivity index (χ4n) is 0.603. The van der Waals surface area contributed by atoms with Crippen molar-refractivity contribution >= 4 is 5.78 Å². The second-order valence-corrected chi connectivity index (χ2v) is 2.62. The van der Waals surface area contributed by atoms with Crippen molar-refractivity contribution in [2.75, 3.05) is 0 Å². The van der Waals surface area contributed by atoms with E-state index >= 15 is 0 Å². The van der Waals surface area contributed by atoms with E-state index in [9.17, 15) is 4.79 Å². The minimum Gasteiger partial charge on any atom is -0.299 e. The van der Waals surface area contributed by atoms with Crippen molar-refractivity contribution in [1.29, 1.82) is 0 Å². The standard InChI is InChI=1S/C9H16O/c1-4-5-6-7-8(2)9(3)10/h6-8H,4-5H2,1-3H3/b7-6-. The molecular formula is C9H16O. The van der Waals surface area contributed by atoms with Crippen LogP contribution in [0.5, 0.6) is 0 Å². The van der Waals surface area contributed by atoms with Gasteiger partial charge in [-0.3, -0.25) is 4.79 Å². The van der Waals surface area contributed by atoms with E-state index in [2.05, 4.69) is 13.0 Å². The van der Waals surface area contributed by atoms with Crippen molar-refractivity contribution in [3.8, 4) is 0 Å². The Morgan fingerprint density at radius 1 is 1.60 bits per heavy atom. The Kier molecular flexibility index (Phi) is 4.91. The van der Waals surface area contributed by atoms with Crippen molar-refractivity contribution in [3.63, 3.8) is 0 Å². The molecule has 0 N–H and O–H groups in total. The summed E-state index contributed by atoms with van der Waals surface area (Å²) < 4.78 is 0. The van der Waals surface area contributed by atoms with E-state index in [1.54, 1.807) is 6.92 Å². The average molecular weight is 140 g/mol. The largest absolute Gasteiger partial charge is 0.299 e. The maximum Gasteiger partial charge on any atom is 0.136 e. The van der Waals surface area contributed by atoms with Gasteiger partial charge in [-0.15, -0.1) is 0 Å². The minimum atomic E-state index is 0.103. The van der Waals surface area contributed by atoms with Crippen LogP contribution in [0.25, 0.3) is 0 Å². The van der Waals surface area contributed by atoms with Gasteiger partial charge in [-0.2, -0.15) is 0 Å². The molecule has 10 heavy (non-hydrogen) atoms. The quantitative estimate of drug-likeness (QED) is 0.548. The van der Waals surface area contributed by atoms with Gasteiger partial charge in [0.05, 0.1) is 0 Å². The third-order valence-electron chi connectivity index (χ3n) is 1.52. The van der Waals surface area contributed by atoms with Gasteiger partial charge < -0.3 is 0 Å². The topological polar surface area (TPSA) is 17.1 Å². The molecule has 0 aromatic carbocycles. The van der Waals surface area contributed by atoms with Crippen LogP contribution in [0.15, 0.2) is 12.2 Å². The van der Waals surface area contributed by atoms with E-state index in [0.29, 0.717) is 0 Å². The van der Waals surface area contributed by atoms with Gasteiger partial charge in [-0.1, -0.05) is 32.4 Å². The maximum atomic E-state index is 10.7. The second-order valence-electron chi connectivity index (χ2n) is 2.62. The lowest BCUT2D eigenvalue weighted by molar-refractivity contribution is -0.118. The van der Waals surface area contributed by atoms with Crippen molar-refractivity contribution in [2.45, 2.75) is 33.6 Å². The molecule has 0 saturated carbocycles. The molecule has 0 aliphatic heterocycles. The predicted octanol–water partition coefficient (Wildman–Crippen LogP) is 2.57. The number of ketones is 1. The van der Waals surface area contributed by atoms with Crippen LogP contribution in [0.4, 0.5) is 0 Å². The first kappa shape index (κ1) is 9.41. The summed E-state index contributed by atoms with van der Waals surface area (Å²) in [4.78, 5) is 10.7. The molecule has 0 radical (unpaired) electrons. The minimum absolute atomic E-state index is 0.103. The van der Waals surface area contributed by atoms with Crippen molar-refractivity contribution < 1.29 is 4.79 Å². The number of rotatable bonds is 4. The SMILES string of the molecule is CCC/C=C\C(C)C(C)=O. The van der Waals surface area contributed by atoms with Crippen LogP contribution in [-0.4, -0.2) is 5.78 Å². The van der Waals surface area contributed by atoms with E-state index < -0.39 is 0 Å². The molecular weight excluding hydrogens is 124 g/mol. The van der Waals surface area contributed by atoms with Crippen molar-refractivity contribution in [3.05, 3.63) is 12.2 Å². The van der Waals surface area contributed by atoms with Gasteiger partial charge in [-0.25, -0.2) is 0 Å². The van der Waals surface area contributed by atoms with Crippen LogP contribution in [0.1, 0.15) is 33.6 Å². The number of hydrogen-bond acceptors (Lipinski definition) is 1. The summed E-state index contributed by atoms with van der Waals surface area (Å²) in [5.41, 5.74) is 0. The summed E-state index contributed by atoms with van der Waals surface area (Å²) in [6.45, 7) is 5.68. The molecule has 0 rings (SSSR count). The number of allylic oxidation sites excluding steroid dienone is 2. The Hall–Kier alpha value is -0.590. The molecule has 0 saturated heterocycles. The van der Waals surface area contributed by atoms with Crippen molar-refractivity contribution in [1.82, 2.24) is 0 Å². The molecule has 0 aliphatic carbocycles. The third-order valence-corrected chi connectivity index (χ3v) is 1.52. The van der Waals surface area contributed by atoms with E-state index in [1.807, 2.05) is 13.0 Å². The lowest BCUT2D eigenvalue weighted by Crippen LogP contribution is -2.01. The van der Waals surface area contributed by atoms with E-state index in [1.165, 1.54) is 0 Å². The van der Waals surface area contributed by atoms with Crippen molar-refractivity contribution in [2.24, 2.45) is 5.92 Å². The summed E-state index contributed by atoms with van der Waals surface area (Å²) in [5, 5.41) is 0. The predicted molar refractivity (Wildman–Crippen MR) is 43.9 cm³/mol. The van der Waals surface area contributed by atoms with E-state index in [0.717, 1.165) is 12.8 Å². The van der Waals surface area contributed by atoms with Gasteiger partial charge >= 0.3 is 0 Å². The normalized spacial score (nSPS) is 13.9. The molecule has 0 bridgehead atoms. The Morgan fingerprint density at radius 2 is 2.20 bits per heavy atom. The summed E-state index contributed by atoms with van der Waals surface area (Å²) in [6, 6.07) is 0. The second kappa shape index (κ2) is 5.21. The molecule has 0 aromatic heterocycles. The zero-order valence-electron chi connectivity index (χ0n) is 7.05. The Labute approximate surface area is 63.1 Å². The summed E-state index contributed by atoms with van der Waals surface area (Å²) in [7, 11) is 0. The van der Waals surface area contributed by atoms with Gasteiger partial charge in [0.1, 0.15) is 5.78 Å². The Morgan fingerprint density at radius 3 is 2.60 bits per heavy atom. The maximum absolute atomic E-state index is 10.7. The molecule has 0 amide bonds. The lowest BCUT2D eigenvalue weighted by Gasteiger charge is -1.97. The molecule has 1 heteroatoms. The number of Topliss-reactive ketones (excluding diaryl/α,β-unsaturated/α-hetero) is 1. The summed E-state index contributed by atoms with van der Waals surface area (Å²) >= 11 is 0. The molecule has 58 valence electrons. The zero-order chi connectivity index (χ0) is 7.98. The highest BCUT2D eigenvalue weighted by Gasteiger charge is 1.99. The highest BCUT2D eigenvalue weighted by Crippen LogP contribution is 2.00. The van der Waals surface area contributed by atoms with Crippen LogP contribution in [0.3, 0.4) is 0 Å². The average Bonchev–Trinajstić information content (AvgIpc) is 1.88. The van der Waals surface area contributed by atoms with Gasteiger partial charge in [0.25, 0.3) is 0 Å². The first-order valence-corrected chi connectivity index (χ1v) is 3.85. The van der Waals surface area contributed by atoms with Gasteiger partial charge in [-0.05, 0) is 13.3 Å². The van der Waals surface area contributed by atoms with Gasteiger partial charge in [0.2, 0.25) is 0 Å². The first-order valence-electron chi connectivity index (χ1n) is 3.85. The molecule has 1 unspecified atom stereocenters. The van der Waals surface area contributed by atoms with E-state index in [4.69, 9.17) is 0 Å². The molecule has 1 atom stereocenters. The van der Waals surface area contributed by atoms with Crippen LogP contribution in [0, 0.1) is 5.92 Å². The molecule has 0 heterocycles. The number of carbonyl (C=O) groups excluding carboxylic acids is 1. The third kappa shape index (κ3) is 4.30. The van der Waals surface area contributed by atoms with Gasteiger partial charge in [0, 0.05) is 5.92 Å². The van der Waals surface area contributed by atoms with Crippen LogP contribution in [-0.2, 0) is 4.79 Å². The molecule has 1 nitrogen and oxygen atoms in total. The highest BCUT2D eigenvalue weighted by atomic mass is 16.1. The monoisotopic (exact) mass is 140 g/mol. The molecule has 0 aromatic rings. The highest BCUT2D eigenvalue weighted by molar-refractivity contribution is 5.79. The van der Waals surface area contributed by atoms with Crippen LogP contribution >= 0.6 is 0 Å². The number of carbonyl (C=O) groups is 1. The zero-order valence-corrected chi connectivity index (χ0v) is 7.05. The summed E-state index contributed by atoms with van der Waals surface area (Å²) in [5.74, 6) is 0.346. The van der Waals surface area contributed by atoms with E-state index in [-0.39, 0.29) is 11.7 Å². The van der Waals surface area contributed by atoms with Crippen LogP contribution < -0.4 is 0 Å². The fraction of sp³-hybridized carbons (Fsp3) is 0.667. The number of hydrogen-bond donors (Lipinski definition) is 0. The molecule has 0 aliphatic rings. The van der Waals surface area contributed by atoms with Crippen LogP contribution in [0.2, 0.25) is 0 Å².